The van der Waals surface area contributed by atoms with Gasteiger partial charge in [0.05, 0.1) is 23.4 Å². The van der Waals surface area contributed by atoms with E-state index >= 15 is 0 Å². The van der Waals surface area contributed by atoms with Gasteiger partial charge in [0.1, 0.15) is 0 Å². The first-order valence-corrected chi connectivity index (χ1v) is 12.7. The number of ketones is 2. The van der Waals surface area contributed by atoms with Gasteiger partial charge in [0.2, 0.25) is 22.8 Å². The molecule has 0 amide bonds. The summed E-state index contributed by atoms with van der Waals surface area (Å²) in [7, 11) is 0. The molecule has 3 aromatic carbocycles. The van der Waals surface area contributed by atoms with Gasteiger partial charge in [0, 0.05) is 0 Å². The molecule has 0 spiro atoms. The number of ether oxygens (including phenoxy) is 2. The molecular formula is C32H30O6. The molecule has 38 heavy (non-hydrogen) atoms. The summed E-state index contributed by atoms with van der Waals surface area (Å²) in [6.07, 6.45) is -0.599. The molecule has 2 unspecified atom stereocenters. The summed E-state index contributed by atoms with van der Waals surface area (Å²) in [5.74, 6) is -0.732. The van der Waals surface area contributed by atoms with Crippen LogP contribution in [0.5, 0.6) is 0 Å². The highest BCUT2D eigenvalue weighted by Gasteiger charge is 2.59. The van der Waals surface area contributed by atoms with Crippen molar-refractivity contribution in [3.05, 3.63) is 119 Å². The highest BCUT2D eigenvalue weighted by molar-refractivity contribution is 6.34. The third kappa shape index (κ3) is 3.80. The molecule has 0 saturated carbocycles. The van der Waals surface area contributed by atoms with E-state index < -0.39 is 22.8 Å². The lowest BCUT2D eigenvalue weighted by Crippen LogP contribution is -2.51. The van der Waals surface area contributed by atoms with Crippen LogP contribution in [0, 0.1) is 0 Å². The van der Waals surface area contributed by atoms with Crippen molar-refractivity contribution in [3.63, 3.8) is 0 Å². The quantitative estimate of drug-likeness (QED) is 0.448. The number of hydrogen-bond acceptors (Lipinski definition) is 6. The minimum atomic E-state index is -2.06. The van der Waals surface area contributed by atoms with Crippen LogP contribution in [0.15, 0.2) is 96.4 Å². The maximum atomic E-state index is 13.5. The maximum absolute atomic E-state index is 13.5. The summed E-state index contributed by atoms with van der Waals surface area (Å²) in [5, 5.41) is 23.5. The second-order valence-electron chi connectivity index (χ2n) is 10.1. The molecule has 0 aromatic heterocycles. The summed E-state index contributed by atoms with van der Waals surface area (Å²) in [4.78, 5) is 27.0. The van der Waals surface area contributed by atoms with Gasteiger partial charge in [-0.05, 0) is 56.0 Å². The van der Waals surface area contributed by atoms with Gasteiger partial charge in [-0.15, -0.1) is 0 Å². The fourth-order valence-electron chi connectivity index (χ4n) is 5.00. The Labute approximate surface area is 221 Å². The Hall–Kier alpha value is -4.00. The van der Waals surface area contributed by atoms with Gasteiger partial charge in [-0.1, -0.05) is 78.9 Å². The molecule has 2 N–H and O–H groups in total. The average Bonchev–Trinajstić information content (AvgIpc) is 2.92. The predicted molar refractivity (Wildman–Crippen MR) is 143 cm³/mol. The smallest absolute Gasteiger partial charge is 0.211 e. The molecule has 2 aliphatic rings. The molecule has 194 valence electrons. The van der Waals surface area contributed by atoms with Gasteiger partial charge >= 0.3 is 0 Å². The molecule has 6 heteroatoms. The third-order valence-electron chi connectivity index (χ3n) is 6.75. The van der Waals surface area contributed by atoms with Crippen LogP contribution in [0.25, 0.3) is 11.1 Å². The van der Waals surface area contributed by atoms with Gasteiger partial charge in [-0.3, -0.25) is 9.59 Å². The molecule has 0 bridgehead atoms. The molecule has 0 saturated heterocycles. The second-order valence-corrected chi connectivity index (χ2v) is 10.1. The summed E-state index contributed by atoms with van der Waals surface area (Å²) in [6, 6.07) is 24.3. The fourth-order valence-corrected chi connectivity index (χ4v) is 5.00. The molecule has 2 atom stereocenters. The third-order valence-corrected chi connectivity index (χ3v) is 6.75. The van der Waals surface area contributed by atoms with Crippen LogP contribution in [-0.4, -0.2) is 34.0 Å². The Kier molecular flexibility index (Phi) is 6.33. The summed E-state index contributed by atoms with van der Waals surface area (Å²) >= 11 is 0. The van der Waals surface area contributed by atoms with E-state index in [1.165, 1.54) is 6.07 Å². The van der Waals surface area contributed by atoms with Crippen molar-refractivity contribution in [3.8, 4) is 0 Å². The molecule has 5 rings (SSSR count). The van der Waals surface area contributed by atoms with Crippen molar-refractivity contribution in [1.82, 2.24) is 0 Å². The number of benzene rings is 3. The zero-order chi connectivity index (χ0) is 27.2. The van der Waals surface area contributed by atoms with Crippen LogP contribution in [0.3, 0.4) is 0 Å². The lowest BCUT2D eigenvalue weighted by Gasteiger charge is -2.42. The summed E-state index contributed by atoms with van der Waals surface area (Å²) in [6.45, 7) is 7.26. The van der Waals surface area contributed by atoms with E-state index in [1.54, 1.807) is 42.5 Å². The van der Waals surface area contributed by atoms with Gasteiger partial charge in [-0.25, -0.2) is 0 Å². The predicted octanol–water partition coefficient (Wildman–Crippen LogP) is 4.90. The Morgan fingerprint density at radius 3 is 1.29 bits per heavy atom. The minimum Gasteiger partial charge on any atom is -0.491 e. The second kappa shape index (κ2) is 9.39. The Morgan fingerprint density at radius 1 is 0.579 bits per heavy atom. The average molecular weight is 511 g/mol. The van der Waals surface area contributed by atoms with Crippen LogP contribution in [-0.2, 0) is 30.3 Å². The monoisotopic (exact) mass is 510 g/mol. The Balaban J connectivity index is 1.62. The minimum absolute atomic E-state index is 0.145. The summed E-state index contributed by atoms with van der Waals surface area (Å²) < 4.78 is 11.9. The van der Waals surface area contributed by atoms with E-state index in [9.17, 15) is 19.8 Å². The van der Waals surface area contributed by atoms with Gasteiger partial charge in [0.15, 0.2) is 11.5 Å². The standard InChI is InChI=1S/C32H30O6/c1-19(2)37-29-25(21-12-7-5-8-13-21)27(33)31(29,35)23-16-11-17-24(18-23)32(36)28(34)26(30(32)38-20(3)4)22-14-9-6-10-15-22/h5-20,35-36H,1-4H3. The van der Waals surface area contributed by atoms with E-state index in [1.807, 2.05) is 64.1 Å². The largest absolute Gasteiger partial charge is 0.491 e. The molecule has 2 aliphatic carbocycles. The molecule has 6 nitrogen and oxygen atoms in total. The first-order valence-electron chi connectivity index (χ1n) is 12.7. The Morgan fingerprint density at radius 2 is 0.947 bits per heavy atom. The molecule has 0 aliphatic heterocycles. The topological polar surface area (TPSA) is 93.1 Å². The first-order chi connectivity index (χ1) is 18.1. The van der Waals surface area contributed by atoms with Crippen molar-refractivity contribution in [2.45, 2.75) is 51.1 Å². The number of carbonyl (C=O) groups is 2. The van der Waals surface area contributed by atoms with E-state index in [-0.39, 0.29) is 34.9 Å². The number of carbonyl (C=O) groups excluding carboxylic acids is 2. The van der Waals surface area contributed by atoms with Crippen LogP contribution >= 0.6 is 0 Å². The summed E-state index contributed by atoms with van der Waals surface area (Å²) in [5.41, 5.74) is -1.81. The van der Waals surface area contributed by atoms with E-state index in [2.05, 4.69) is 0 Å². The lowest BCUT2D eigenvalue weighted by atomic mass is 9.67. The zero-order valence-electron chi connectivity index (χ0n) is 21.8. The number of hydrogen-bond donors (Lipinski definition) is 2. The van der Waals surface area contributed by atoms with Crippen molar-refractivity contribution >= 4 is 22.7 Å². The van der Waals surface area contributed by atoms with Gasteiger partial charge < -0.3 is 19.7 Å². The fraction of sp³-hybridized carbons (Fsp3) is 0.250. The van der Waals surface area contributed by atoms with Crippen molar-refractivity contribution in [2.24, 2.45) is 0 Å². The number of rotatable bonds is 8. The van der Waals surface area contributed by atoms with E-state index in [4.69, 9.17) is 9.47 Å². The van der Waals surface area contributed by atoms with Crippen molar-refractivity contribution in [2.75, 3.05) is 0 Å². The molecule has 0 radical (unpaired) electrons. The normalized spacial score (nSPS) is 23.1. The van der Waals surface area contributed by atoms with E-state index in [0.717, 1.165) is 0 Å². The molecule has 3 aromatic rings. The molecule has 0 fully saturated rings. The van der Waals surface area contributed by atoms with E-state index in [0.29, 0.717) is 22.3 Å². The van der Waals surface area contributed by atoms with Gasteiger partial charge in [-0.2, -0.15) is 0 Å². The van der Waals surface area contributed by atoms with Gasteiger partial charge in [0.25, 0.3) is 0 Å². The van der Waals surface area contributed by atoms with Crippen LogP contribution in [0.2, 0.25) is 0 Å². The Bertz CT molecular complexity index is 1360. The van der Waals surface area contributed by atoms with Crippen LogP contribution in [0.4, 0.5) is 0 Å². The first kappa shape index (κ1) is 25.6. The highest BCUT2D eigenvalue weighted by Crippen LogP contribution is 2.52. The maximum Gasteiger partial charge on any atom is 0.211 e. The highest BCUT2D eigenvalue weighted by atomic mass is 16.5. The van der Waals surface area contributed by atoms with Crippen LogP contribution in [0.1, 0.15) is 49.9 Å². The van der Waals surface area contributed by atoms with Crippen molar-refractivity contribution < 1.29 is 29.3 Å². The number of aliphatic hydroxyl groups is 2. The lowest BCUT2D eigenvalue weighted by molar-refractivity contribution is -0.138. The van der Waals surface area contributed by atoms with Crippen molar-refractivity contribution in [1.29, 1.82) is 0 Å². The zero-order valence-corrected chi connectivity index (χ0v) is 21.8. The number of Topliss-reactive ketones (excluding diaryl/α,β-unsaturated/α-hetero) is 2. The van der Waals surface area contributed by atoms with Crippen LogP contribution < -0.4 is 0 Å². The SMILES string of the molecule is CC(C)OC1=C(c2ccccc2)C(=O)C1(O)c1cccc(C2(O)C(=O)C(c3ccccc3)=C2OC(C)C)c1. The molecule has 0 heterocycles. The molecular weight excluding hydrogens is 480 g/mol.